The molecule has 0 bridgehead atoms. The third-order valence-corrected chi connectivity index (χ3v) is 5.45. The second-order valence-electron chi connectivity index (χ2n) is 7.34. The molecule has 0 atom stereocenters. The van der Waals surface area contributed by atoms with Crippen molar-refractivity contribution in [2.45, 2.75) is 19.9 Å². The molecule has 0 saturated carbocycles. The molecule has 4 heteroatoms. The number of benzene rings is 3. The van der Waals surface area contributed by atoms with E-state index in [1.54, 1.807) is 16.7 Å². The van der Waals surface area contributed by atoms with E-state index < -0.39 is 0 Å². The van der Waals surface area contributed by atoms with Gasteiger partial charge in [0.25, 0.3) is 5.56 Å². The summed E-state index contributed by atoms with van der Waals surface area (Å²) < 4.78 is 1.68. The minimum Gasteiger partial charge on any atom is -0.308 e. The molecule has 3 aromatic carbocycles. The first-order valence-corrected chi connectivity index (χ1v) is 10.7. The van der Waals surface area contributed by atoms with Crippen molar-refractivity contribution in [3.8, 4) is 11.1 Å². The van der Waals surface area contributed by atoms with Crippen LogP contribution in [0.2, 0.25) is 5.02 Å². The maximum Gasteiger partial charge on any atom is 0.262 e. The normalized spacial score (nSPS) is 11.3. The summed E-state index contributed by atoms with van der Waals surface area (Å²) in [6, 6.07) is 24.6. The Morgan fingerprint density at radius 3 is 2.32 bits per heavy atom. The first kappa shape index (κ1) is 20.8. The molecule has 0 aliphatic carbocycles. The highest BCUT2D eigenvalue weighted by Crippen LogP contribution is 2.33. The average Bonchev–Trinajstić information content (AvgIpc) is 2.80. The van der Waals surface area contributed by atoms with E-state index in [1.807, 2.05) is 79.7 Å². The van der Waals surface area contributed by atoms with Crippen molar-refractivity contribution in [1.82, 2.24) is 4.57 Å². The SMILES string of the molecule is CCCn1c(=O)c(C(=O)/C=C/c2ccccc2)c(-c2ccccc2)c2cc(Cl)ccc21. The van der Waals surface area contributed by atoms with Gasteiger partial charge in [-0.15, -0.1) is 0 Å². The second kappa shape index (κ2) is 9.15. The number of carbonyl (C=O) groups excluding carboxylic acids is 1. The zero-order chi connectivity index (χ0) is 21.8. The molecule has 0 unspecified atom stereocenters. The van der Waals surface area contributed by atoms with E-state index in [0.717, 1.165) is 28.5 Å². The zero-order valence-corrected chi connectivity index (χ0v) is 18.0. The summed E-state index contributed by atoms with van der Waals surface area (Å²) in [5.74, 6) is -0.320. The average molecular weight is 428 g/mol. The molecule has 0 saturated heterocycles. The Labute approximate surface area is 186 Å². The molecular formula is C27H22ClNO2. The van der Waals surface area contributed by atoms with Crippen molar-refractivity contribution in [2.24, 2.45) is 0 Å². The number of rotatable bonds is 6. The lowest BCUT2D eigenvalue weighted by molar-refractivity contribution is 0.104. The van der Waals surface area contributed by atoms with Crippen molar-refractivity contribution in [2.75, 3.05) is 0 Å². The number of aromatic nitrogens is 1. The summed E-state index contributed by atoms with van der Waals surface area (Å²) in [6.45, 7) is 2.53. The maximum absolute atomic E-state index is 13.6. The van der Waals surface area contributed by atoms with E-state index in [1.165, 1.54) is 6.08 Å². The molecule has 4 aromatic rings. The minimum atomic E-state index is -0.320. The number of halogens is 1. The molecule has 1 heterocycles. The van der Waals surface area contributed by atoms with Crippen molar-refractivity contribution >= 4 is 34.4 Å². The van der Waals surface area contributed by atoms with Crippen molar-refractivity contribution in [3.05, 3.63) is 111 Å². The van der Waals surface area contributed by atoms with Crippen molar-refractivity contribution in [1.29, 1.82) is 0 Å². The van der Waals surface area contributed by atoms with Crippen LogP contribution in [0.15, 0.2) is 89.7 Å². The smallest absolute Gasteiger partial charge is 0.262 e. The number of nitrogens with zero attached hydrogens (tertiary/aromatic N) is 1. The van der Waals surface area contributed by atoms with Gasteiger partial charge in [-0.3, -0.25) is 9.59 Å². The third kappa shape index (κ3) is 4.23. The van der Waals surface area contributed by atoms with Crippen molar-refractivity contribution in [3.63, 3.8) is 0 Å². The summed E-state index contributed by atoms with van der Waals surface area (Å²) in [5, 5.41) is 1.35. The number of carbonyl (C=O) groups is 1. The molecular weight excluding hydrogens is 406 g/mol. The first-order valence-electron chi connectivity index (χ1n) is 10.3. The molecule has 0 aliphatic heterocycles. The topological polar surface area (TPSA) is 39.1 Å². The highest BCUT2D eigenvalue weighted by atomic mass is 35.5. The predicted octanol–water partition coefficient (Wildman–Crippen LogP) is 6.63. The fourth-order valence-electron chi connectivity index (χ4n) is 3.83. The Kier molecular flexibility index (Phi) is 6.15. The Morgan fingerprint density at radius 1 is 0.968 bits per heavy atom. The van der Waals surface area contributed by atoms with E-state index in [-0.39, 0.29) is 16.9 Å². The highest BCUT2D eigenvalue weighted by Gasteiger charge is 2.22. The quantitative estimate of drug-likeness (QED) is 0.256. The fraction of sp³-hybridized carbons (Fsp3) is 0.111. The molecule has 154 valence electrons. The summed E-state index contributed by atoms with van der Waals surface area (Å²) >= 11 is 6.33. The second-order valence-corrected chi connectivity index (χ2v) is 7.78. The molecule has 0 aliphatic rings. The summed E-state index contributed by atoms with van der Waals surface area (Å²) in [5.41, 5.74) is 3.00. The van der Waals surface area contributed by atoms with Gasteiger partial charge in [-0.05, 0) is 41.8 Å². The number of hydrogen-bond donors (Lipinski definition) is 0. The molecule has 0 radical (unpaired) electrons. The van der Waals surface area contributed by atoms with E-state index in [2.05, 4.69) is 0 Å². The number of hydrogen-bond acceptors (Lipinski definition) is 2. The van der Waals surface area contributed by atoms with Gasteiger partial charge in [0.2, 0.25) is 0 Å². The van der Waals surface area contributed by atoms with Crippen LogP contribution in [-0.4, -0.2) is 10.4 Å². The Morgan fingerprint density at radius 2 is 1.65 bits per heavy atom. The van der Waals surface area contributed by atoms with E-state index >= 15 is 0 Å². The van der Waals surface area contributed by atoms with Gasteiger partial charge in [0.1, 0.15) is 0 Å². The van der Waals surface area contributed by atoms with Gasteiger partial charge < -0.3 is 4.57 Å². The molecule has 0 amide bonds. The summed E-state index contributed by atoms with van der Waals surface area (Å²) in [4.78, 5) is 27.0. The summed E-state index contributed by atoms with van der Waals surface area (Å²) in [7, 11) is 0. The Bertz CT molecular complexity index is 1320. The maximum atomic E-state index is 13.6. The molecule has 4 rings (SSSR count). The molecule has 3 nitrogen and oxygen atoms in total. The number of pyridine rings is 1. The standard InChI is InChI=1S/C27H22ClNO2/c1-2-17-29-23-15-14-21(28)18-22(23)25(20-11-7-4-8-12-20)26(27(29)31)24(30)16-13-19-9-5-3-6-10-19/h3-16,18H,2,17H2,1H3/b16-13+. The van der Waals surface area contributed by atoms with Crippen LogP contribution in [0, 0.1) is 0 Å². The fourth-order valence-corrected chi connectivity index (χ4v) is 4.00. The van der Waals surface area contributed by atoms with Crippen LogP contribution < -0.4 is 5.56 Å². The minimum absolute atomic E-state index is 0.168. The lowest BCUT2D eigenvalue weighted by Gasteiger charge is -2.17. The largest absolute Gasteiger partial charge is 0.308 e. The molecule has 0 fully saturated rings. The van der Waals surface area contributed by atoms with Gasteiger partial charge in [-0.1, -0.05) is 85.3 Å². The molecule has 1 aromatic heterocycles. The Hall–Kier alpha value is -3.43. The predicted molar refractivity (Wildman–Crippen MR) is 129 cm³/mol. The number of fused-ring (bicyclic) bond motifs is 1. The highest BCUT2D eigenvalue weighted by molar-refractivity contribution is 6.31. The van der Waals surface area contributed by atoms with Crippen molar-refractivity contribution < 1.29 is 4.79 Å². The van der Waals surface area contributed by atoms with Gasteiger partial charge in [0, 0.05) is 22.5 Å². The number of ketones is 1. The zero-order valence-electron chi connectivity index (χ0n) is 17.2. The van der Waals surface area contributed by atoms with E-state index in [4.69, 9.17) is 11.6 Å². The van der Waals surface area contributed by atoms with E-state index in [9.17, 15) is 9.59 Å². The van der Waals surface area contributed by atoms with Crippen LogP contribution in [0.3, 0.4) is 0 Å². The lowest BCUT2D eigenvalue weighted by Crippen LogP contribution is -2.27. The Balaban J connectivity index is 2.02. The van der Waals surface area contributed by atoms with Crippen LogP contribution >= 0.6 is 11.6 Å². The van der Waals surface area contributed by atoms with Gasteiger partial charge in [-0.25, -0.2) is 0 Å². The van der Waals surface area contributed by atoms with Gasteiger partial charge in [0.15, 0.2) is 5.78 Å². The monoisotopic (exact) mass is 427 g/mol. The van der Waals surface area contributed by atoms with Crippen LogP contribution in [-0.2, 0) is 6.54 Å². The molecule has 31 heavy (non-hydrogen) atoms. The van der Waals surface area contributed by atoms with E-state index in [0.29, 0.717) is 17.1 Å². The van der Waals surface area contributed by atoms with Gasteiger partial charge in [-0.2, -0.15) is 0 Å². The van der Waals surface area contributed by atoms with Crippen LogP contribution in [0.25, 0.3) is 28.1 Å². The third-order valence-electron chi connectivity index (χ3n) is 5.21. The number of allylic oxidation sites excluding steroid dienone is 1. The molecule has 0 N–H and O–H groups in total. The lowest BCUT2D eigenvalue weighted by atomic mass is 9.93. The van der Waals surface area contributed by atoms with Crippen LogP contribution in [0.5, 0.6) is 0 Å². The molecule has 0 spiro atoms. The number of aryl methyl sites for hydroxylation is 1. The van der Waals surface area contributed by atoms with Crippen LogP contribution in [0.4, 0.5) is 0 Å². The summed E-state index contributed by atoms with van der Waals surface area (Å²) in [6.07, 6.45) is 3.99. The van der Waals surface area contributed by atoms with Crippen LogP contribution in [0.1, 0.15) is 29.3 Å². The van der Waals surface area contributed by atoms with Gasteiger partial charge in [0.05, 0.1) is 11.1 Å². The first-order chi connectivity index (χ1) is 15.1. The van der Waals surface area contributed by atoms with Gasteiger partial charge >= 0.3 is 0 Å².